The van der Waals surface area contributed by atoms with Gasteiger partial charge in [-0.3, -0.25) is 0 Å². The molecular formula is C10H13NO4S. The fourth-order valence-corrected chi connectivity index (χ4v) is 1.99. The van der Waals surface area contributed by atoms with Crippen LogP contribution in [0.1, 0.15) is 10.4 Å². The van der Waals surface area contributed by atoms with E-state index in [4.69, 9.17) is 0 Å². The molecule has 5 nitrogen and oxygen atoms in total. The highest BCUT2D eigenvalue weighted by Gasteiger charge is 2.17. The zero-order valence-electron chi connectivity index (χ0n) is 9.30. The first-order valence-corrected chi connectivity index (χ1v) is 5.94. The second kappa shape index (κ2) is 4.63. The summed E-state index contributed by atoms with van der Waals surface area (Å²) >= 11 is 0. The molecule has 16 heavy (non-hydrogen) atoms. The van der Waals surface area contributed by atoms with Gasteiger partial charge in [0.2, 0.25) is 10.0 Å². The van der Waals surface area contributed by atoms with Crippen molar-refractivity contribution in [2.24, 2.45) is 0 Å². The van der Waals surface area contributed by atoms with Crippen LogP contribution < -0.4 is 0 Å². The van der Waals surface area contributed by atoms with E-state index in [9.17, 15) is 13.2 Å². The maximum Gasteiger partial charge on any atom is 0.337 e. The van der Waals surface area contributed by atoms with Gasteiger partial charge in [-0.1, -0.05) is 0 Å². The fraction of sp³-hybridized carbons (Fsp3) is 0.300. The average molecular weight is 243 g/mol. The second-order valence-corrected chi connectivity index (χ2v) is 5.46. The normalized spacial score (nSPS) is 11.5. The summed E-state index contributed by atoms with van der Waals surface area (Å²) in [4.78, 5) is 11.3. The molecule has 0 spiro atoms. The van der Waals surface area contributed by atoms with Gasteiger partial charge in [-0.25, -0.2) is 17.5 Å². The lowest BCUT2D eigenvalue weighted by atomic mass is 10.2. The Morgan fingerprint density at radius 3 is 2.06 bits per heavy atom. The quantitative estimate of drug-likeness (QED) is 0.734. The molecule has 0 aliphatic rings. The largest absolute Gasteiger partial charge is 0.465 e. The van der Waals surface area contributed by atoms with Gasteiger partial charge in [0.15, 0.2) is 0 Å². The standard InChI is InChI=1S/C10H13NO4S/c1-11(2)16(13,14)9-6-4-8(5-7-9)10(12)15-3/h4-7H,1-3H3. The van der Waals surface area contributed by atoms with Crippen LogP contribution in [0.5, 0.6) is 0 Å². The molecule has 0 saturated heterocycles. The third-order valence-electron chi connectivity index (χ3n) is 2.05. The molecule has 1 aromatic carbocycles. The lowest BCUT2D eigenvalue weighted by Crippen LogP contribution is -2.22. The van der Waals surface area contributed by atoms with E-state index in [-0.39, 0.29) is 4.90 Å². The monoisotopic (exact) mass is 243 g/mol. The summed E-state index contributed by atoms with van der Waals surface area (Å²) in [7, 11) is 0.722. The number of nitrogens with zero attached hydrogens (tertiary/aromatic N) is 1. The molecule has 0 bridgehead atoms. The van der Waals surface area contributed by atoms with Crippen molar-refractivity contribution in [1.29, 1.82) is 0 Å². The SMILES string of the molecule is COC(=O)c1ccc(S(=O)(=O)N(C)C)cc1. The van der Waals surface area contributed by atoms with Crippen LogP contribution in [0.4, 0.5) is 0 Å². The Hall–Kier alpha value is -1.40. The van der Waals surface area contributed by atoms with Gasteiger partial charge in [0.1, 0.15) is 0 Å². The zero-order chi connectivity index (χ0) is 12.3. The first-order chi connectivity index (χ1) is 7.39. The number of esters is 1. The number of carbonyl (C=O) groups excluding carboxylic acids is 1. The first-order valence-electron chi connectivity index (χ1n) is 4.50. The molecule has 88 valence electrons. The van der Waals surface area contributed by atoms with Gasteiger partial charge in [0.25, 0.3) is 0 Å². The van der Waals surface area contributed by atoms with Crippen LogP contribution in [0.3, 0.4) is 0 Å². The van der Waals surface area contributed by atoms with Gasteiger partial charge in [0.05, 0.1) is 17.6 Å². The molecule has 6 heteroatoms. The summed E-state index contributed by atoms with van der Waals surface area (Å²) in [5.41, 5.74) is 0.320. The highest BCUT2D eigenvalue weighted by Crippen LogP contribution is 2.14. The molecule has 0 aliphatic carbocycles. The van der Waals surface area contributed by atoms with Crippen LogP contribution in [0, 0.1) is 0 Å². The molecule has 0 saturated carbocycles. The van der Waals surface area contributed by atoms with Crippen molar-refractivity contribution < 1.29 is 17.9 Å². The van der Waals surface area contributed by atoms with E-state index in [1.54, 1.807) is 0 Å². The Kier molecular flexibility index (Phi) is 3.66. The molecule has 0 aromatic heterocycles. The van der Waals surface area contributed by atoms with Crippen molar-refractivity contribution in [1.82, 2.24) is 4.31 Å². The number of carbonyl (C=O) groups is 1. The van der Waals surface area contributed by atoms with E-state index in [0.29, 0.717) is 5.56 Å². The van der Waals surface area contributed by atoms with Crippen molar-refractivity contribution in [2.75, 3.05) is 21.2 Å². The van der Waals surface area contributed by atoms with Gasteiger partial charge in [-0.05, 0) is 24.3 Å². The highest BCUT2D eigenvalue weighted by atomic mass is 32.2. The van der Waals surface area contributed by atoms with E-state index in [2.05, 4.69) is 4.74 Å². The molecule has 0 N–H and O–H groups in total. The number of ether oxygens (including phenoxy) is 1. The summed E-state index contributed by atoms with van der Waals surface area (Å²) in [6, 6.07) is 5.59. The summed E-state index contributed by atoms with van der Waals surface area (Å²) in [5, 5.41) is 0. The van der Waals surface area contributed by atoms with Crippen LogP contribution in [-0.2, 0) is 14.8 Å². The Labute approximate surface area is 94.7 Å². The van der Waals surface area contributed by atoms with Crippen molar-refractivity contribution in [3.63, 3.8) is 0 Å². The predicted molar refractivity (Wildman–Crippen MR) is 58.7 cm³/mol. The number of sulfonamides is 1. The summed E-state index contributed by atoms with van der Waals surface area (Å²) in [6.45, 7) is 0. The molecule has 0 atom stereocenters. The summed E-state index contributed by atoms with van der Waals surface area (Å²) in [6.07, 6.45) is 0. The third-order valence-corrected chi connectivity index (χ3v) is 3.88. The maximum atomic E-state index is 11.7. The number of methoxy groups -OCH3 is 1. The van der Waals surface area contributed by atoms with Crippen LogP contribution in [0.15, 0.2) is 29.2 Å². The van der Waals surface area contributed by atoms with Gasteiger partial charge < -0.3 is 4.74 Å². The van der Waals surface area contributed by atoms with Gasteiger partial charge in [-0.2, -0.15) is 0 Å². The number of rotatable bonds is 3. The maximum absolute atomic E-state index is 11.7. The smallest absolute Gasteiger partial charge is 0.337 e. The van der Waals surface area contributed by atoms with Crippen LogP contribution >= 0.6 is 0 Å². The van der Waals surface area contributed by atoms with Crippen molar-refractivity contribution in [3.05, 3.63) is 29.8 Å². The molecule has 1 rings (SSSR count). The van der Waals surface area contributed by atoms with E-state index in [1.165, 1.54) is 45.5 Å². The zero-order valence-corrected chi connectivity index (χ0v) is 10.1. The van der Waals surface area contributed by atoms with E-state index in [1.807, 2.05) is 0 Å². The fourth-order valence-electron chi connectivity index (χ4n) is 1.09. The molecule has 0 fully saturated rings. The lowest BCUT2D eigenvalue weighted by molar-refractivity contribution is 0.0600. The second-order valence-electron chi connectivity index (χ2n) is 3.30. The number of benzene rings is 1. The Morgan fingerprint density at radius 1 is 1.19 bits per heavy atom. The van der Waals surface area contributed by atoms with E-state index < -0.39 is 16.0 Å². The number of hydrogen-bond donors (Lipinski definition) is 0. The molecule has 0 amide bonds. The van der Waals surface area contributed by atoms with E-state index >= 15 is 0 Å². The first kappa shape index (κ1) is 12.7. The minimum Gasteiger partial charge on any atom is -0.465 e. The van der Waals surface area contributed by atoms with Crippen LogP contribution in [-0.4, -0.2) is 39.9 Å². The van der Waals surface area contributed by atoms with Crippen molar-refractivity contribution >= 4 is 16.0 Å². The highest BCUT2D eigenvalue weighted by molar-refractivity contribution is 7.89. The van der Waals surface area contributed by atoms with Gasteiger partial charge in [-0.15, -0.1) is 0 Å². The molecule has 1 aromatic rings. The molecule has 0 heterocycles. The lowest BCUT2D eigenvalue weighted by Gasteiger charge is -2.11. The Bertz CT molecular complexity index is 476. The molecular weight excluding hydrogens is 230 g/mol. The summed E-state index contributed by atoms with van der Waals surface area (Å²) < 4.78 is 29.0. The van der Waals surface area contributed by atoms with Crippen LogP contribution in [0.2, 0.25) is 0 Å². The summed E-state index contributed by atoms with van der Waals surface area (Å²) in [5.74, 6) is -0.492. The minimum absolute atomic E-state index is 0.144. The third kappa shape index (κ3) is 2.40. The van der Waals surface area contributed by atoms with Gasteiger partial charge >= 0.3 is 5.97 Å². The van der Waals surface area contributed by atoms with Crippen molar-refractivity contribution in [3.8, 4) is 0 Å². The molecule has 0 unspecified atom stereocenters. The average Bonchev–Trinajstić information content (AvgIpc) is 2.28. The Balaban J connectivity index is 3.10. The minimum atomic E-state index is -3.44. The molecule has 0 aliphatic heterocycles. The topological polar surface area (TPSA) is 63.7 Å². The predicted octanol–water partition coefficient (Wildman–Crippen LogP) is 0.723. The Morgan fingerprint density at radius 2 is 1.69 bits per heavy atom. The number of hydrogen-bond acceptors (Lipinski definition) is 4. The van der Waals surface area contributed by atoms with Crippen molar-refractivity contribution in [2.45, 2.75) is 4.90 Å². The molecule has 0 radical (unpaired) electrons. The van der Waals surface area contributed by atoms with Crippen LogP contribution in [0.25, 0.3) is 0 Å². The van der Waals surface area contributed by atoms with Gasteiger partial charge in [0, 0.05) is 14.1 Å². The van der Waals surface area contributed by atoms with E-state index in [0.717, 1.165) is 4.31 Å².